The fourth-order valence-corrected chi connectivity index (χ4v) is 13.1. The molecule has 5 saturated heterocycles. The lowest BCUT2D eigenvalue weighted by atomic mass is 9.85. The Kier molecular flexibility index (Phi) is 12.1. The van der Waals surface area contributed by atoms with Crippen molar-refractivity contribution in [3.63, 3.8) is 0 Å². The van der Waals surface area contributed by atoms with Crippen LogP contribution in [0.3, 0.4) is 0 Å². The van der Waals surface area contributed by atoms with Crippen LogP contribution in [-0.2, 0) is 29.0 Å². The first kappa shape index (κ1) is 46.2. The Balaban J connectivity index is 0.929. The fourth-order valence-electron chi connectivity index (χ4n) is 11.2. The lowest BCUT2D eigenvalue weighted by Gasteiger charge is -2.48. The van der Waals surface area contributed by atoms with E-state index in [1.807, 2.05) is 22.1 Å². The van der Waals surface area contributed by atoms with Crippen molar-refractivity contribution < 1.29 is 41.5 Å². The van der Waals surface area contributed by atoms with Gasteiger partial charge in [0.05, 0.1) is 40.8 Å². The summed E-state index contributed by atoms with van der Waals surface area (Å²) in [5, 5.41) is 6.66. The van der Waals surface area contributed by atoms with Crippen LogP contribution in [-0.4, -0.2) is 145 Å². The molecule has 1 unspecified atom stereocenters. The monoisotopic (exact) mass is 962 g/mol. The number of nitrogens with one attached hydrogen (secondary N) is 2. The predicted molar refractivity (Wildman–Crippen MR) is 256 cm³/mol. The zero-order chi connectivity index (χ0) is 48.5. The van der Waals surface area contributed by atoms with Gasteiger partial charge in [-0.05, 0) is 90.6 Å². The quantitative estimate of drug-likeness (QED) is 0.157. The van der Waals surface area contributed by atoms with E-state index < -0.39 is 57.0 Å². The third kappa shape index (κ3) is 8.34. The number of hydrogen-bond acceptors (Lipinski definition) is 15. The molecule has 0 bridgehead atoms. The molecule has 2 aromatic carbocycles. The second-order valence-corrected chi connectivity index (χ2v) is 21.5. The molecule has 5 amide bonds. The van der Waals surface area contributed by atoms with Crippen molar-refractivity contribution >= 4 is 79.1 Å². The minimum absolute atomic E-state index is 0.0100. The number of aromatic nitrogens is 3. The van der Waals surface area contributed by atoms with Gasteiger partial charge < -0.3 is 29.7 Å². The molecule has 362 valence electrons. The molecule has 18 nitrogen and oxygen atoms in total. The highest BCUT2D eigenvalue weighted by atomic mass is 32.2. The SMILES string of the molecule is C=CC(=O)N1CCC[C@@H]1c1cc(N2CC([C@@H]3CN(c4ccc5c(c4)C(=O)N(C4CCC(=O)NC4=O)C5=O)CCS3(=O)=O)C2)c2cnc(Nc3ccnc(N4CC[C@@H](OC)[C@@H](F)C4)n3)cc2c1C(C)C. The summed E-state index contributed by atoms with van der Waals surface area (Å²) in [6.07, 6.45) is 5.32. The van der Waals surface area contributed by atoms with Crippen molar-refractivity contribution in [1.29, 1.82) is 0 Å². The molecule has 8 heterocycles. The lowest BCUT2D eigenvalue weighted by Crippen LogP contribution is -2.60. The molecular weight excluding hydrogens is 908 g/mol. The second-order valence-electron chi connectivity index (χ2n) is 19.1. The van der Waals surface area contributed by atoms with E-state index in [-0.39, 0.29) is 73.1 Å². The number of rotatable bonds is 11. The number of pyridine rings is 1. The van der Waals surface area contributed by atoms with Crippen LogP contribution in [0.1, 0.15) is 89.8 Å². The Hall–Kier alpha value is -6.54. The molecule has 6 aliphatic heterocycles. The Bertz CT molecular complexity index is 2910. The number of hydrogen-bond donors (Lipinski definition) is 2. The highest BCUT2D eigenvalue weighted by molar-refractivity contribution is 7.92. The molecule has 6 aliphatic rings. The normalized spacial score (nSPS) is 25.1. The highest BCUT2D eigenvalue weighted by Gasteiger charge is 2.47. The van der Waals surface area contributed by atoms with E-state index in [1.165, 1.54) is 13.2 Å². The maximum absolute atomic E-state index is 14.9. The van der Waals surface area contributed by atoms with Crippen molar-refractivity contribution in [2.75, 3.05) is 78.7 Å². The van der Waals surface area contributed by atoms with Crippen molar-refractivity contribution in [3.8, 4) is 0 Å². The molecule has 2 aromatic heterocycles. The van der Waals surface area contributed by atoms with E-state index in [9.17, 15) is 36.8 Å². The number of carbonyl (C=O) groups is 5. The van der Waals surface area contributed by atoms with Crippen LogP contribution in [0.15, 0.2) is 61.4 Å². The van der Waals surface area contributed by atoms with Gasteiger partial charge in [-0.1, -0.05) is 20.4 Å². The van der Waals surface area contributed by atoms with Gasteiger partial charge in [-0.3, -0.25) is 34.2 Å². The van der Waals surface area contributed by atoms with Crippen LogP contribution in [0, 0.1) is 5.92 Å². The summed E-state index contributed by atoms with van der Waals surface area (Å²) in [7, 11) is -2.01. The number of piperidine rings is 2. The maximum atomic E-state index is 14.9. The zero-order valence-corrected chi connectivity index (χ0v) is 39.6. The van der Waals surface area contributed by atoms with Crippen molar-refractivity contribution in [2.45, 2.75) is 81.5 Å². The molecule has 0 saturated carbocycles. The van der Waals surface area contributed by atoms with Gasteiger partial charge >= 0.3 is 0 Å². The average molecular weight is 963 g/mol. The molecule has 5 atom stereocenters. The number of imide groups is 2. The van der Waals surface area contributed by atoms with Crippen LogP contribution < -0.4 is 25.3 Å². The van der Waals surface area contributed by atoms with Crippen molar-refractivity contribution in [2.24, 2.45) is 5.92 Å². The van der Waals surface area contributed by atoms with Crippen molar-refractivity contribution in [3.05, 3.63) is 83.7 Å². The third-order valence-electron chi connectivity index (χ3n) is 14.8. The van der Waals surface area contributed by atoms with E-state index in [0.717, 1.165) is 45.3 Å². The number of likely N-dealkylation sites (tertiary alicyclic amines) is 1. The smallest absolute Gasteiger partial charge is 0.262 e. The number of amides is 5. The molecular formula is C49H55FN10O8S. The number of benzene rings is 2. The molecule has 10 rings (SSSR count). The Morgan fingerprint density at radius 3 is 2.43 bits per heavy atom. The minimum atomic E-state index is -3.53. The number of nitrogens with zero attached hydrogens (tertiary/aromatic N) is 8. The fraction of sp³-hybridized carbons (Fsp3) is 0.469. The number of carbonyl (C=O) groups excluding carboxylic acids is 5. The summed E-state index contributed by atoms with van der Waals surface area (Å²) in [5.74, 6) is -1.40. The summed E-state index contributed by atoms with van der Waals surface area (Å²) < 4.78 is 48.0. The lowest BCUT2D eigenvalue weighted by molar-refractivity contribution is -0.136. The standard InChI is InChI=1S/C49H55FN10O8S/c1-5-44(62)59-15-6-7-36(59)33-20-38(34-22-52-42(21-31(34)45(33)27(2)3)53-41-12-14-51-49(54-41)57-16-13-39(68-4)35(50)25-57)58-23-28(24-58)40-26-56(17-18-69(40,66)67)29-8-9-30-32(19-29)48(65)60(47(30)64)37-10-11-43(61)55-46(37)63/h5,8-9,12,14,19-22,27-28,35-37,39-40H,1,6-7,10-11,13,15-18,23-26H2,2-4H3,(H,55,61,63)(H,51,52,53,54)/t35-,36+,37?,39+,40-/m0/s1. The topological polar surface area (TPSA) is 208 Å². The van der Waals surface area contributed by atoms with Crippen LogP contribution >= 0.6 is 0 Å². The number of anilines is 5. The summed E-state index contributed by atoms with van der Waals surface area (Å²) >= 11 is 0. The summed E-state index contributed by atoms with van der Waals surface area (Å²) in [4.78, 5) is 87.5. The Labute approximate surface area is 399 Å². The van der Waals surface area contributed by atoms with Crippen LogP contribution in [0.25, 0.3) is 10.8 Å². The molecule has 0 aliphatic carbocycles. The van der Waals surface area contributed by atoms with Gasteiger partial charge in [-0.15, -0.1) is 0 Å². The zero-order valence-electron chi connectivity index (χ0n) is 38.8. The van der Waals surface area contributed by atoms with Gasteiger partial charge in [0.1, 0.15) is 23.8 Å². The Morgan fingerprint density at radius 1 is 0.899 bits per heavy atom. The van der Waals surface area contributed by atoms with Gasteiger partial charge in [0.15, 0.2) is 9.84 Å². The van der Waals surface area contributed by atoms with E-state index in [0.29, 0.717) is 55.9 Å². The molecule has 5 fully saturated rings. The summed E-state index contributed by atoms with van der Waals surface area (Å²) in [6.45, 7) is 10.6. The first-order valence-corrected chi connectivity index (χ1v) is 25.3. The Morgan fingerprint density at radius 2 is 1.70 bits per heavy atom. The van der Waals surface area contributed by atoms with Gasteiger partial charge in [0.2, 0.25) is 23.7 Å². The average Bonchev–Trinajstić information content (AvgIpc) is 3.90. The molecule has 4 aromatic rings. The largest absolute Gasteiger partial charge is 0.378 e. The summed E-state index contributed by atoms with van der Waals surface area (Å²) in [6, 6.07) is 9.44. The number of alkyl halides is 1. The van der Waals surface area contributed by atoms with Crippen LogP contribution in [0.4, 0.5) is 33.3 Å². The van der Waals surface area contributed by atoms with E-state index in [1.54, 1.807) is 35.4 Å². The van der Waals surface area contributed by atoms with E-state index in [4.69, 9.17) is 14.7 Å². The van der Waals surface area contributed by atoms with Crippen LogP contribution in [0.2, 0.25) is 0 Å². The minimum Gasteiger partial charge on any atom is -0.378 e. The van der Waals surface area contributed by atoms with E-state index >= 15 is 0 Å². The van der Waals surface area contributed by atoms with Crippen molar-refractivity contribution in [1.82, 2.24) is 30.1 Å². The predicted octanol–water partition coefficient (Wildman–Crippen LogP) is 4.45. The first-order chi connectivity index (χ1) is 33.1. The number of sulfone groups is 1. The van der Waals surface area contributed by atoms with Gasteiger partial charge in [0.25, 0.3) is 11.8 Å². The number of methoxy groups -OCH3 is 1. The molecule has 0 spiro atoms. The maximum Gasteiger partial charge on any atom is 0.262 e. The van der Waals surface area contributed by atoms with Gasteiger partial charge in [-0.2, -0.15) is 4.98 Å². The summed E-state index contributed by atoms with van der Waals surface area (Å²) in [5.41, 5.74) is 3.86. The molecule has 2 N–H and O–H groups in total. The third-order valence-corrected chi connectivity index (χ3v) is 17.0. The van der Waals surface area contributed by atoms with E-state index in [2.05, 4.69) is 47.0 Å². The molecule has 69 heavy (non-hydrogen) atoms. The van der Waals surface area contributed by atoms with Gasteiger partial charge in [0, 0.05) is 87.9 Å². The van der Waals surface area contributed by atoms with Gasteiger partial charge in [-0.25, -0.2) is 22.8 Å². The number of fused-ring (bicyclic) bond motifs is 2. The molecule has 0 radical (unpaired) electrons. The number of halogens is 1. The first-order valence-electron chi connectivity index (χ1n) is 23.6. The second kappa shape index (κ2) is 18.1. The highest BCUT2D eigenvalue weighted by Crippen LogP contribution is 2.46. The molecule has 20 heteroatoms. The number of ether oxygens (including phenoxy) is 1. The van der Waals surface area contributed by atoms with Crippen LogP contribution in [0.5, 0.6) is 0 Å².